The molecule has 10 heavy (non-hydrogen) atoms. The van der Waals surface area contributed by atoms with Crippen LogP contribution in [-0.4, -0.2) is 4.86 Å². The Morgan fingerprint density at radius 2 is 2.20 bits per heavy atom. The highest BCUT2D eigenvalue weighted by molar-refractivity contribution is 7.81. The summed E-state index contributed by atoms with van der Waals surface area (Å²) < 4.78 is 2.02. The predicted octanol–water partition coefficient (Wildman–Crippen LogP) is 1.18. The first kappa shape index (κ1) is 5.74. The second kappa shape index (κ2) is 1.99. The molecular weight excluding hydrogens is 142 g/mol. The number of hydrogen-bond acceptors (Lipinski definition) is 1. The lowest BCUT2D eigenvalue weighted by atomic mass is 10.3. The SMILES string of the molecule is S=C1C=C[n+]2ccccc21. The van der Waals surface area contributed by atoms with Crippen molar-refractivity contribution in [3.8, 4) is 0 Å². The fourth-order valence-electron chi connectivity index (χ4n) is 1.03. The molecule has 1 aliphatic heterocycles. The molecule has 0 unspecified atom stereocenters. The average Bonchev–Trinajstić information content (AvgIpc) is 2.34. The van der Waals surface area contributed by atoms with Gasteiger partial charge < -0.3 is 0 Å². The summed E-state index contributed by atoms with van der Waals surface area (Å²) in [5.74, 6) is 0. The van der Waals surface area contributed by atoms with Crippen molar-refractivity contribution in [1.29, 1.82) is 0 Å². The minimum absolute atomic E-state index is 0.917. The second-order valence-electron chi connectivity index (χ2n) is 2.17. The van der Waals surface area contributed by atoms with Crippen LogP contribution in [-0.2, 0) is 0 Å². The molecule has 0 aromatic carbocycles. The summed E-state index contributed by atoms with van der Waals surface area (Å²) in [5.41, 5.74) is 1.11. The van der Waals surface area contributed by atoms with E-state index in [0.717, 1.165) is 10.6 Å². The molecule has 2 heterocycles. The average molecular weight is 148 g/mol. The standard InChI is InChI=1S/C8H6NS/c10-8-4-6-9-5-2-1-3-7(8)9/h1-6H/q+1. The summed E-state index contributed by atoms with van der Waals surface area (Å²) in [6.45, 7) is 0. The topological polar surface area (TPSA) is 3.88 Å². The third-order valence-electron chi connectivity index (χ3n) is 1.53. The van der Waals surface area contributed by atoms with Gasteiger partial charge in [-0.1, -0.05) is 12.2 Å². The molecule has 0 bridgehead atoms. The van der Waals surface area contributed by atoms with Gasteiger partial charge in [-0.25, -0.2) is 0 Å². The van der Waals surface area contributed by atoms with Crippen molar-refractivity contribution >= 4 is 23.3 Å². The predicted molar refractivity (Wildman–Crippen MR) is 43.7 cm³/mol. The highest BCUT2D eigenvalue weighted by atomic mass is 32.1. The van der Waals surface area contributed by atoms with Crippen LogP contribution in [0.5, 0.6) is 0 Å². The Kier molecular flexibility index (Phi) is 1.14. The molecule has 0 amide bonds. The summed E-state index contributed by atoms with van der Waals surface area (Å²) in [7, 11) is 0. The lowest BCUT2D eigenvalue weighted by Gasteiger charge is -1.86. The van der Waals surface area contributed by atoms with Gasteiger partial charge in [0.15, 0.2) is 12.4 Å². The molecule has 0 N–H and O–H groups in total. The van der Waals surface area contributed by atoms with Crippen LogP contribution in [0, 0.1) is 0 Å². The zero-order chi connectivity index (χ0) is 6.97. The van der Waals surface area contributed by atoms with E-state index in [1.54, 1.807) is 0 Å². The van der Waals surface area contributed by atoms with Crippen LogP contribution in [0.3, 0.4) is 0 Å². The molecule has 0 aliphatic carbocycles. The normalized spacial score (nSPS) is 13.8. The number of thiocarbonyl (C=S) groups is 1. The van der Waals surface area contributed by atoms with Crippen molar-refractivity contribution in [2.24, 2.45) is 0 Å². The van der Waals surface area contributed by atoms with Gasteiger partial charge in [-0.15, -0.1) is 0 Å². The van der Waals surface area contributed by atoms with Gasteiger partial charge in [0.05, 0.1) is 0 Å². The van der Waals surface area contributed by atoms with Crippen molar-refractivity contribution < 1.29 is 4.57 Å². The highest BCUT2D eigenvalue weighted by Crippen LogP contribution is 2.02. The molecule has 1 nitrogen and oxygen atoms in total. The van der Waals surface area contributed by atoms with Crippen LogP contribution in [0.15, 0.2) is 30.5 Å². The third kappa shape index (κ3) is 0.693. The fraction of sp³-hybridized carbons (Fsp3) is 0. The Morgan fingerprint density at radius 3 is 3.00 bits per heavy atom. The number of aromatic nitrogens is 1. The summed E-state index contributed by atoms with van der Waals surface area (Å²) in [6, 6.07) is 6.00. The largest absolute Gasteiger partial charge is 0.228 e. The maximum absolute atomic E-state index is 5.07. The van der Waals surface area contributed by atoms with E-state index in [1.165, 1.54) is 0 Å². The van der Waals surface area contributed by atoms with E-state index in [0.29, 0.717) is 0 Å². The number of hydrogen-bond donors (Lipinski definition) is 0. The van der Waals surface area contributed by atoms with E-state index in [9.17, 15) is 0 Å². The first-order valence-corrected chi connectivity index (χ1v) is 3.51. The van der Waals surface area contributed by atoms with Crippen LogP contribution < -0.4 is 4.57 Å². The van der Waals surface area contributed by atoms with E-state index < -0.39 is 0 Å². The lowest BCUT2D eigenvalue weighted by molar-refractivity contribution is -0.566. The van der Waals surface area contributed by atoms with Crippen molar-refractivity contribution in [2.45, 2.75) is 0 Å². The summed E-state index contributed by atoms with van der Waals surface area (Å²) in [6.07, 6.45) is 5.90. The zero-order valence-corrected chi connectivity index (χ0v) is 6.14. The molecule has 0 radical (unpaired) electrons. The quantitative estimate of drug-likeness (QED) is 0.394. The molecule has 1 aromatic heterocycles. The third-order valence-corrected chi connectivity index (χ3v) is 1.87. The minimum Gasteiger partial charge on any atom is -0.166 e. The number of pyridine rings is 1. The van der Waals surface area contributed by atoms with Gasteiger partial charge >= 0.3 is 0 Å². The monoisotopic (exact) mass is 148 g/mol. The maximum Gasteiger partial charge on any atom is 0.228 e. The van der Waals surface area contributed by atoms with Crippen molar-refractivity contribution in [2.75, 3.05) is 0 Å². The number of rotatable bonds is 0. The van der Waals surface area contributed by atoms with Crippen molar-refractivity contribution in [3.05, 3.63) is 36.2 Å². The highest BCUT2D eigenvalue weighted by Gasteiger charge is 2.16. The lowest BCUT2D eigenvalue weighted by Crippen LogP contribution is -2.27. The maximum atomic E-state index is 5.07. The minimum atomic E-state index is 0.917. The molecule has 2 heteroatoms. The number of fused-ring (bicyclic) bond motifs is 1. The van der Waals surface area contributed by atoms with Crippen molar-refractivity contribution in [1.82, 2.24) is 0 Å². The van der Waals surface area contributed by atoms with E-state index in [-0.39, 0.29) is 0 Å². The van der Waals surface area contributed by atoms with Gasteiger partial charge in [0, 0.05) is 18.2 Å². The molecule has 1 aromatic rings. The van der Waals surface area contributed by atoms with Gasteiger partial charge in [-0.05, 0) is 6.07 Å². The molecule has 0 spiro atoms. The Bertz CT molecular complexity index is 315. The molecule has 0 saturated carbocycles. The van der Waals surface area contributed by atoms with Gasteiger partial charge in [0.1, 0.15) is 4.86 Å². The molecule has 0 atom stereocenters. The number of nitrogens with zero attached hydrogens (tertiary/aromatic N) is 1. The van der Waals surface area contributed by atoms with Crippen LogP contribution in [0.25, 0.3) is 6.20 Å². The molecule has 0 saturated heterocycles. The summed E-state index contributed by atoms with van der Waals surface area (Å²) in [5, 5.41) is 0. The van der Waals surface area contributed by atoms with E-state index >= 15 is 0 Å². The molecule has 48 valence electrons. The Morgan fingerprint density at radius 1 is 1.30 bits per heavy atom. The van der Waals surface area contributed by atoms with E-state index in [4.69, 9.17) is 12.2 Å². The fourth-order valence-corrected chi connectivity index (χ4v) is 1.26. The van der Waals surface area contributed by atoms with Crippen LogP contribution in [0.2, 0.25) is 0 Å². The number of allylic oxidation sites excluding steroid dienone is 1. The van der Waals surface area contributed by atoms with Crippen LogP contribution in [0.4, 0.5) is 0 Å². The first-order chi connectivity index (χ1) is 4.88. The van der Waals surface area contributed by atoms with E-state index in [1.807, 2.05) is 41.2 Å². The Balaban J connectivity index is 2.70. The molecular formula is C8H6NS+. The van der Waals surface area contributed by atoms with E-state index in [2.05, 4.69) is 0 Å². The zero-order valence-electron chi connectivity index (χ0n) is 5.32. The molecule has 0 fully saturated rings. The Hall–Kier alpha value is -1.02. The summed E-state index contributed by atoms with van der Waals surface area (Å²) in [4.78, 5) is 0.917. The van der Waals surface area contributed by atoms with Gasteiger partial charge in [0.2, 0.25) is 5.69 Å². The van der Waals surface area contributed by atoms with Crippen LogP contribution in [0.1, 0.15) is 5.69 Å². The summed E-state index contributed by atoms with van der Waals surface area (Å²) >= 11 is 5.07. The molecule has 2 rings (SSSR count). The van der Waals surface area contributed by atoms with Gasteiger partial charge in [-0.3, -0.25) is 0 Å². The Labute approximate surface area is 64.6 Å². The first-order valence-electron chi connectivity index (χ1n) is 3.10. The van der Waals surface area contributed by atoms with Crippen LogP contribution >= 0.6 is 12.2 Å². The smallest absolute Gasteiger partial charge is 0.166 e. The van der Waals surface area contributed by atoms with Gasteiger partial charge in [0.25, 0.3) is 0 Å². The molecule has 1 aliphatic rings. The van der Waals surface area contributed by atoms with Gasteiger partial charge in [-0.2, -0.15) is 4.57 Å². The second-order valence-corrected chi connectivity index (χ2v) is 2.61. The van der Waals surface area contributed by atoms with Crippen molar-refractivity contribution in [3.63, 3.8) is 0 Å².